The van der Waals surface area contributed by atoms with Gasteiger partial charge in [-0.25, -0.2) is 14.1 Å². The zero-order valence-corrected chi connectivity index (χ0v) is 17.1. The van der Waals surface area contributed by atoms with Gasteiger partial charge in [0.2, 0.25) is 11.1 Å². The Morgan fingerprint density at radius 3 is 2.57 bits per heavy atom. The molecule has 10 heteroatoms. The molecule has 1 aliphatic rings. The molecule has 4 rings (SSSR count). The monoisotopic (exact) mass is 427 g/mol. The van der Waals surface area contributed by atoms with Gasteiger partial charge in [-0.15, -0.1) is 10.2 Å². The quantitative estimate of drug-likeness (QED) is 0.475. The summed E-state index contributed by atoms with van der Waals surface area (Å²) in [6.07, 6.45) is 2.15. The van der Waals surface area contributed by atoms with Crippen LogP contribution >= 0.6 is 11.8 Å². The van der Waals surface area contributed by atoms with Crippen molar-refractivity contribution in [2.45, 2.75) is 11.6 Å². The van der Waals surface area contributed by atoms with E-state index in [1.54, 1.807) is 24.4 Å². The highest BCUT2D eigenvalue weighted by atomic mass is 32.2. The Morgan fingerprint density at radius 2 is 1.83 bits per heavy atom. The second-order valence-corrected chi connectivity index (χ2v) is 7.87. The van der Waals surface area contributed by atoms with Crippen LogP contribution in [0.25, 0.3) is 11.4 Å². The third-order valence-electron chi connectivity index (χ3n) is 4.93. The van der Waals surface area contributed by atoms with Gasteiger partial charge in [0.15, 0.2) is 5.82 Å². The van der Waals surface area contributed by atoms with Gasteiger partial charge in [-0.1, -0.05) is 30.0 Å². The lowest BCUT2D eigenvalue weighted by Crippen LogP contribution is -2.49. The summed E-state index contributed by atoms with van der Waals surface area (Å²) in [6, 6.07) is 12.1. The summed E-state index contributed by atoms with van der Waals surface area (Å²) < 4.78 is 15.2. The molecule has 156 valence electrons. The minimum atomic E-state index is -0.409. The lowest BCUT2D eigenvalue weighted by atomic mass is 10.2. The van der Waals surface area contributed by atoms with Gasteiger partial charge >= 0.3 is 0 Å². The molecule has 1 saturated heterocycles. The van der Waals surface area contributed by atoms with Crippen LogP contribution in [-0.4, -0.2) is 62.6 Å². The van der Waals surface area contributed by atoms with Crippen LogP contribution in [0.15, 0.2) is 53.8 Å². The first-order valence-corrected chi connectivity index (χ1v) is 10.6. The van der Waals surface area contributed by atoms with E-state index in [0.717, 1.165) is 18.9 Å². The maximum Gasteiger partial charge on any atom is 0.223 e. The summed E-state index contributed by atoms with van der Waals surface area (Å²) in [7, 11) is 0. The predicted octanol–water partition coefficient (Wildman–Crippen LogP) is 2.02. The molecule has 2 aromatic heterocycles. The number of anilines is 1. The van der Waals surface area contributed by atoms with E-state index in [0.29, 0.717) is 36.0 Å². The zero-order chi connectivity index (χ0) is 20.9. The van der Waals surface area contributed by atoms with Gasteiger partial charge < -0.3 is 15.6 Å². The maximum absolute atomic E-state index is 14.0. The largest absolute Gasteiger partial charge is 0.353 e. The normalized spacial score (nSPS) is 14.2. The Kier molecular flexibility index (Phi) is 6.12. The lowest BCUT2D eigenvalue weighted by molar-refractivity contribution is -0.131. The van der Waals surface area contributed by atoms with Gasteiger partial charge in [-0.3, -0.25) is 4.79 Å². The number of nitrogens with zero attached hydrogens (tertiary/aromatic N) is 6. The molecule has 0 spiro atoms. The summed E-state index contributed by atoms with van der Waals surface area (Å²) in [5, 5.41) is 8.47. The number of amides is 1. The van der Waals surface area contributed by atoms with Crippen molar-refractivity contribution in [2.75, 3.05) is 42.7 Å². The molecule has 0 atom stereocenters. The van der Waals surface area contributed by atoms with E-state index >= 15 is 0 Å². The summed E-state index contributed by atoms with van der Waals surface area (Å²) in [5.74, 6) is 7.44. The molecule has 0 aliphatic carbocycles. The number of piperazine rings is 1. The van der Waals surface area contributed by atoms with E-state index in [1.807, 2.05) is 23.1 Å². The first-order valence-electron chi connectivity index (χ1n) is 9.65. The average molecular weight is 428 g/mol. The molecule has 3 heterocycles. The van der Waals surface area contributed by atoms with Crippen molar-refractivity contribution < 1.29 is 9.18 Å². The molecule has 1 aliphatic heterocycles. The van der Waals surface area contributed by atoms with Gasteiger partial charge in [0, 0.05) is 44.5 Å². The Balaban J connectivity index is 1.27. The number of carbonyl (C=O) groups excluding carboxylic acids is 1. The van der Waals surface area contributed by atoms with Gasteiger partial charge in [-0.05, 0) is 24.3 Å². The molecule has 8 nitrogen and oxygen atoms in total. The molecule has 2 N–H and O–H groups in total. The van der Waals surface area contributed by atoms with Crippen LogP contribution in [0.5, 0.6) is 0 Å². The highest BCUT2D eigenvalue weighted by molar-refractivity contribution is 7.99. The Hall–Kier alpha value is -3.14. The smallest absolute Gasteiger partial charge is 0.223 e. The molecule has 1 amide bonds. The number of benzene rings is 1. The number of carbonyl (C=O) groups is 1. The minimum Gasteiger partial charge on any atom is -0.353 e. The molecule has 0 bridgehead atoms. The van der Waals surface area contributed by atoms with Crippen molar-refractivity contribution in [3.63, 3.8) is 0 Å². The number of thioether (sulfide) groups is 1. The number of hydrogen-bond acceptors (Lipinski definition) is 7. The molecule has 1 fully saturated rings. The fourth-order valence-electron chi connectivity index (χ4n) is 3.32. The summed E-state index contributed by atoms with van der Waals surface area (Å²) in [6.45, 7) is 2.87. The van der Waals surface area contributed by atoms with Gasteiger partial charge in [0.25, 0.3) is 0 Å². The van der Waals surface area contributed by atoms with E-state index in [-0.39, 0.29) is 11.7 Å². The van der Waals surface area contributed by atoms with Gasteiger partial charge in [-0.2, -0.15) is 0 Å². The molecular formula is C20H22FN7OS. The van der Waals surface area contributed by atoms with Crippen LogP contribution in [0.3, 0.4) is 0 Å². The Labute approximate surface area is 177 Å². The zero-order valence-electron chi connectivity index (χ0n) is 16.3. The fourth-order valence-corrected chi connectivity index (χ4v) is 4.10. The number of aromatic nitrogens is 4. The van der Waals surface area contributed by atoms with Crippen LogP contribution in [0, 0.1) is 5.82 Å². The number of rotatable bonds is 6. The first-order chi connectivity index (χ1) is 14.6. The van der Waals surface area contributed by atoms with Gasteiger partial charge in [0.1, 0.15) is 11.6 Å². The van der Waals surface area contributed by atoms with Crippen LogP contribution in [0.4, 0.5) is 10.2 Å². The van der Waals surface area contributed by atoms with E-state index in [9.17, 15) is 9.18 Å². The molecule has 0 saturated carbocycles. The second-order valence-electron chi connectivity index (χ2n) is 6.81. The summed E-state index contributed by atoms with van der Waals surface area (Å²) in [5.41, 5.74) is 0.293. The van der Waals surface area contributed by atoms with Gasteiger partial charge in [0.05, 0.1) is 5.56 Å². The SMILES string of the molecule is Nn1c(SCCC(=O)N2CCN(c3ccccn3)CC2)nnc1-c1ccccc1F. The van der Waals surface area contributed by atoms with Crippen LogP contribution in [0.1, 0.15) is 6.42 Å². The van der Waals surface area contributed by atoms with E-state index in [1.165, 1.54) is 22.5 Å². The van der Waals surface area contributed by atoms with E-state index in [4.69, 9.17) is 5.84 Å². The minimum absolute atomic E-state index is 0.0978. The number of pyridine rings is 1. The first kappa shape index (κ1) is 20.1. The molecule has 0 unspecified atom stereocenters. The Bertz CT molecular complexity index is 1010. The highest BCUT2D eigenvalue weighted by Gasteiger charge is 2.22. The molecule has 1 aromatic carbocycles. The summed E-state index contributed by atoms with van der Waals surface area (Å²) in [4.78, 5) is 21.0. The maximum atomic E-state index is 14.0. The van der Waals surface area contributed by atoms with E-state index < -0.39 is 5.82 Å². The topological polar surface area (TPSA) is 93.2 Å². The van der Waals surface area contributed by atoms with Crippen molar-refractivity contribution in [3.05, 3.63) is 54.5 Å². The van der Waals surface area contributed by atoms with Crippen molar-refractivity contribution in [2.24, 2.45) is 0 Å². The summed E-state index contributed by atoms with van der Waals surface area (Å²) >= 11 is 1.33. The van der Waals surface area contributed by atoms with Crippen molar-refractivity contribution in [3.8, 4) is 11.4 Å². The van der Waals surface area contributed by atoms with Crippen LogP contribution < -0.4 is 10.7 Å². The average Bonchev–Trinajstić information content (AvgIpc) is 3.15. The third-order valence-corrected chi connectivity index (χ3v) is 5.88. The van der Waals surface area contributed by atoms with Crippen molar-refractivity contribution >= 4 is 23.5 Å². The molecular weight excluding hydrogens is 405 g/mol. The van der Waals surface area contributed by atoms with E-state index in [2.05, 4.69) is 20.1 Å². The standard InChI is InChI=1S/C20H22FN7OS/c21-16-6-2-1-5-15(16)19-24-25-20(28(19)22)30-14-8-18(29)27-12-10-26(11-13-27)17-7-3-4-9-23-17/h1-7,9H,8,10-14,22H2. The predicted molar refractivity (Wildman–Crippen MR) is 114 cm³/mol. The number of halogens is 1. The molecule has 0 radical (unpaired) electrons. The van der Waals surface area contributed by atoms with Crippen molar-refractivity contribution in [1.29, 1.82) is 0 Å². The number of nitrogen functional groups attached to an aromatic ring is 1. The third kappa shape index (κ3) is 4.38. The van der Waals surface area contributed by atoms with Crippen LogP contribution in [-0.2, 0) is 4.79 Å². The fraction of sp³-hybridized carbons (Fsp3) is 0.300. The second kappa shape index (κ2) is 9.12. The lowest BCUT2D eigenvalue weighted by Gasteiger charge is -2.35. The Morgan fingerprint density at radius 1 is 1.07 bits per heavy atom. The molecule has 3 aromatic rings. The highest BCUT2D eigenvalue weighted by Crippen LogP contribution is 2.24. The number of hydrogen-bond donors (Lipinski definition) is 1. The molecule has 30 heavy (non-hydrogen) atoms. The number of nitrogens with two attached hydrogens (primary N) is 1. The van der Waals surface area contributed by atoms with Crippen LogP contribution in [0.2, 0.25) is 0 Å². The van der Waals surface area contributed by atoms with Crippen molar-refractivity contribution in [1.82, 2.24) is 24.8 Å².